The molecule has 0 aliphatic carbocycles. The lowest BCUT2D eigenvalue weighted by Crippen LogP contribution is -2.38. The number of aliphatic hydroxyl groups is 1. The highest BCUT2D eigenvalue weighted by molar-refractivity contribution is 6.02. The third-order valence-corrected chi connectivity index (χ3v) is 5.11. The van der Waals surface area contributed by atoms with Crippen LogP contribution in [0.5, 0.6) is 5.75 Å². The number of pyridine rings is 1. The molecule has 6 heteroatoms. The maximum absolute atomic E-state index is 12.2. The van der Waals surface area contributed by atoms with Crippen LogP contribution < -0.4 is 10.1 Å². The van der Waals surface area contributed by atoms with Gasteiger partial charge >= 0.3 is 0 Å². The van der Waals surface area contributed by atoms with E-state index in [0.29, 0.717) is 23.7 Å². The number of carbonyl (C=O) groups excluding carboxylic acids is 1. The predicted octanol–water partition coefficient (Wildman–Crippen LogP) is 3.13. The van der Waals surface area contributed by atoms with Crippen molar-refractivity contribution in [3.05, 3.63) is 89.7 Å². The largest absolute Gasteiger partial charge is 0.491 e. The summed E-state index contributed by atoms with van der Waals surface area (Å²) in [6.45, 7) is 2.53. The zero-order chi connectivity index (χ0) is 20.8. The van der Waals surface area contributed by atoms with Gasteiger partial charge in [-0.25, -0.2) is 0 Å². The molecule has 0 bridgehead atoms. The standard InChI is InChI=1S/C24H25N3O3/c28-21(16-27-13-11-18-6-1-2-7-19(18)15-27)17-30-22-9-5-8-20(14-22)26-24(29)23-10-3-4-12-25-23/h1-10,12,14,21,28H,11,13,15-17H2,(H,26,29). The summed E-state index contributed by atoms with van der Waals surface area (Å²) in [7, 11) is 0. The Bertz CT molecular complexity index is 994. The van der Waals surface area contributed by atoms with Crippen LogP contribution in [-0.4, -0.2) is 46.7 Å². The molecular weight excluding hydrogens is 378 g/mol. The maximum atomic E-state index is 12.2. The van der Waals surface area contributed by atoms with E-state index in [1.54, 1.807) is 48.7 Å². The van der Waals surface area contributed by atoms with Gasteiger partial charge in [-0.15, -0.1) is 0 Å². The number of amides is 1. The Morgan fingerprint density at radius 2 is 1.93 bits per heavy atom. The third-order valence-electron chi connectivity index (χ3n) is 5.11. The first-order valence-electron chi connectivity index (χ1n) is 10.1. The summed E-state index contributed by atoms with van der Waals surface area (Å²) in [5.41, 5.74) is 3.69. The van der Waals surface area contributed by atoms with Crippen LogP contribution in [0.2, 0.25) is 0 Å². The molecule has 1 atom stereocenters. The molecule has 1 aliphatic heterocycles. The average molecular weight is 403 g/mol. The van der Waals surface area contributed by atoms with Crippen LogP contribution in [-0.2, 0) is 13.0 Å². The number of nitrogens with zero attached hydrogens (tertiary/aromatic N) is 2. The first-order valence-corrected chi connectivity index (χ1v) is 10.1. The number of hydrogen-bond acceptors (Lipinski definition) is 5. The first-order chi connectivity index (χ1) is 14.7. The van der Waals surface area contributed by atoms with E-state index in [4.69, 9.17) is 4.74 Å². The van der Waals surface area contributed by atoms with Gasteiger partial charge in [0, 0.05) is 37.6 Å². The van der Waals surface area contributed by atoms with E-state index in [2.05, 4.69) is 39.5 Å². The van der Waals surface area contributed by atoms with E-state index >= 15 is 0 Å². The summed E-state index contributed by atoms with van der Waals surface area (Å²) in [5, 5.41) is 13.2. The number of anilines is 1. The van der Waals surface area contributed by atoms with Gasteiger partial charge in [-0.1, -0.05) is 36.4 Å². The molecule has 2 aromatic carbocycles. The van der Waals surface area contributed by atoms with Crippen molar-refractivity contribution < 1.29 is 14.6 Å². The molecule has 3 aromatic rings. The number of carbonyl (C=O) groups is 1. The minimum atomic E-state index is -0.595. The van der Waals surface area contributed by atoms with Gasteiger partial charge in [0.25, 0.3) is 5.91 Å². The summed E-state index contributed by atoms with van der Waals surface area (Å²) in [5.74, 6) is 0.315. The number of hydrogen-bond donors (Lipinski definition) is 2. The average Bonchev–Trinajstić information content (AvgIpc) is 2.78. The van der Waals surface area contributed by atoms with Crippen molar-refractivity contribution in [3.63, 3.8) is 0 Å². The Hall–Kier alpha value is -3.22. The lowest BCUT2D eigenvalue weighted by Gasteiger charge is -2.30. The highest BCUT2D eigenvalue weighted by Gasteiger charge is 2.18. The highest BCUT2D eigenvalue weighted by atomic mass is 16.5. The van der Waals surface area contributed by atoms with E-state index in [-0.39, 0.29) is 12.5 Å². The number of nitrogens with one attached hydrogen (secondary N) is 1. The fourth-order valence-corrected chi connectivity index (χ4v) is 3.61. The van der Waals surface area contributed by atoms with Crippen molar-refractivity contribution >= 4 is 11.6 Å². The number of β-amino-alcohol motifs (C(OH)–C–C–N with tert-alkyl or cyclic N) is 1. The van der Waals surface area contributed by atoms with Gasteiger partial charge in [-0.2, -0.15) is 0 Å². The van der Waals surface area contributed by atoms with Gasteiger partial charge in [-0.3, -0.25) is 14.7 Å². The summed E-state index contributed by atoms with van der Waals surface area (Å²) in [6, 6.07) is 20.8. The third kappa shape index (κ3) is 5.23. The van der Waals surface area contributed by atoms with Crippen LogP contribution in [0.4, 0.5) is 5.69 Å². The van der Waals surface area contributed by atoms with Crippen molar-refractivity contribution in [2.45, 2.75) is 19.1 Å². The quantitative estimate of drug-likeness (QED) is 0.634. The molecule has 1 aliphatic rings. The molecule has 30 heavy (non-hydrogen) atoms. The maximum Gasteiger partial charge on any atom is 0.274 e. The predicted molar refractivity (Wildman–Crippen MR) is 116 cm³/mol. The molecule has 6 nitrogen and oxygen atoms in total. The second-order valence-electron chi connectivity index (χ2n) is 7.42. The van der Waals surface area contributed by atoms with Gasteiger partial charge in [0.1, 0.15) is 24.2 Å². The van der Waals surface area contributed by atoms with Crippen LogP contribution in [0.15, 0.2) is 72.9 Å². The molecule has 1 amide bonds. The summed E-state index contributed by atoms with van der Waals surface area (Å²) < 4.78 is 5.76. The van der Waals surface area contributed by atoms with Crippen molar-refractivity contribution in [1.29, 1.82) is 0 Å². The smallest absolute Gasteiger partial charge is 0.274 e. The first kappa shape index (κ1) is 20.1. The number of ether oxygens (including phenoxy) is 1. The molecular formula is C24H25N3O3. The zero-order valence-electron chi connectivity index (χ0n) is 16.7. The monoisotopic (exact) mass is 403 g/mol. The SMILES string of the molecule is O=C(Nc1cccc(OCC(O)CN2CCc3ccccc3C2)c1)c1ccccn1. The topological polar surface area (TPSA) is 74.7 Å². The fourth-order valence-electron chi connectivity index (χ4n) is 3.61. The highest BCUT2D eigenvalue weighted by Crippen LogP contribution is 2.20. The van der Waals surface area contributed by atoms with Gasteiger partial charge in [0.2, 0.25) is 0 Å². The molecule has 0 saturated carbocycles. The Kier molecular flexibility index (Phi) is 6.37. The molecule has 0 fully saturated rings. The number of aromatic nitrogens is 1. The Morgan fingerprint density at radius 1 is 1.10 bits per heavy atom. The lowest BCUT2D eigenvalue weighted by molar-refractivity contribution is 0.0638. The van der Waals surface area contributed by atoms with E-state index in [9.17, 15) is 9.90 Å². The number of aliphatic hydroxyl groups excluding tert-OH is 1. The Labute approximate surface area is 176 Å². The molecule has 1 aromatic heterocycles. The molecule has 0 spiro atoms. The molecule has 0 saturated heterocycles. The van der Waals surface area contributed by atoms with E-state index < -0.39 is 6.10 Å². The number of rotatable bonds is 7. The summed E-state index contributed by atoms with van der Waals surface area (Å²) >= 11 is 0. The molecule has 154 valence electrons. The summed E-state index contributed by atoms with van der Waals surface area (Å²) in [6.07, 6.45) is 1.99. The second kappa shape index (κ2) is 9.52. The normalized spacial score (nSPS) is 14.6. The lowest BCUT2D eigenvalue weighted by atomic mass is 10.00. The molecule has 4 rings (SSSR count). The second-order valence-corrected chi connectivity index (χ2v) is 7.42. The van der Waals surface area contributed by atoms with Crippen LogP contribution in [0.25, 0.3) is 0 Å². The zero-order valence-corrected chi connectivity index (χ0v) is 16.7. The van der Waals surface area contributed by atoms with E-state index in [1.165, 1.54) is 11.1 Å². The van der Waals surface area contributed by atoms with Gasteiger partial charge < -0.3 is 15.2 Å². The van der Waals surface area contributed by atoms with Crippen LogP contribution in [0.3, 0.4) is 0 Å². The van der Waals surface area contributed by atoms with Gasteiger partial charge in [0.05, 0.1) is 0 Å². The molecule has 2 N–H and O–H groups in total. The Morgan fingerprint density at radius 3 is 2.77 bits per heavy atom. The molecule has 0 radical (unpaired) electrons. The van der Waals surface area contributed by atoms with Crippen molar-refractivity contribution in [2.24, 2.45) is 0 Å². The van der Waals surface area contributed by atoms with Gasteiger partial charge in [0.15, 0.2) is 0 Å². The molecule has 2 heterocycles. The Balaban J connectivity index is 1.28. The van der Waals surface area contributed by atoms with Crippen LogP contribution in [0.1, 0.15) is 21.6 Å². The van der Waals surface area contributed by atoms with E-state index in [0.717, 1.165) is 19.5 Å². The van der Waals surface area contributed by atoms with Crippen molar-refractivity contribution in [2.75, 3.05) is 25.0 Å². The van der Waals surface area contributed by atoms with Crippen LogP contribution >= 0.6 is 0 Å². The minimum Gasteiger partial charge on any atom is -0.491 e. The number of fused-ring (bicyclic) bond motifs is 1. The van der Waals surface area contributed by atoms with E-state index in [1.807, 2.05) is 0 Å². The van der Waals surface area contributed by atoms with Crippen molar-refractivity contribution in [1.82, 2.24) is 9.88 Å². The summed E-state index contributed by atoms with van der Waals surface area (Å²) in [4.78, 5) is 18.5. The fraction of sp³-hybridized carbons (Fsp3) is 0.250. The number of benzene rings is 2. The van der Waals surface area contributed by atoms with Gasteiger partial charge in [-0.05, 0) is 41.8 Å². The molecule has 1 unspecified atom stereocenters. The minimum absolute atomic E-state index is 0.190. The van der Waals surface area contributed by atoms with Crippen molar-refractivity contribution in [3.8, 4) is 5.75 Å². The van der Waals surface area contributed by atoms with Crippen LogP contribution in [0, 0.1) is 0 Å².